The number of amides is 3. The molecule has 0 aromatic heterocycles. The lowest BCUT2D eigenvalue weighted by molar-refractivity contribution is -0.132. The quantitative estimate of drug-likeness (QED) is 0.424. The third kappa shape index (κ3) is 6.37. The molecule has 2 saturated heterocycles. The van der Waals surface area contributed by atoms with Crippen LogP contribution in [0.5, 0.6) is 0 Å². The van der Waals surface area contributed by atoms with Gasteiger partial charge in [0, 0.05) is 6.54 Å². The van der Waals surface area contributed by atoms with Crippen LogP contribution in [0.1, 0.15) is 25.8 Å². The lowest BCUT2D eigenvalue weighted by Gasteiger charge is -2.21. The first-order valence-corrected chi connectivity index (χ1v) is 11.0. The molecule has 3 rings (SSSR count). The second-order valence-corrected chi connectivity index (χ2v) is 8.89. The van der Waals surface area contributed by atoms with E-state index < -0.39 is 29.5 Å². The predicted molar refractivity (Wildman–Crippen MR) is 118 cm³/mol. The molecule has 1 aromatic rings. The number of benzene rings is 1. The number of ketones is 1. The van der Waals surface area contributed by atoms with E-state index in [0.29, 0.717) is 19.6 Å². The second-order valence-electron chi connectivity index (χ2n) is 8.89. The molecule has 0 spiro atoms. The highest BCUT2D eigenvalue weighted by Crippen LogP contribution is 2.29. The number of nitrogens with zero attached hydrogens (tertiary/aromatic N) is 1. The summed E-state index contributed by atoms with van der Waals surface area (Å²) in [6.45, 7) is 4.84. The van der Waals surface area contributed by atoms with Gasteiger partial charge in [0.1, 0.15) is 11.6 Å². The van der Waals surface area contributed by atoms with Gasteiger partial charge in [0.05, 0.1) is 25.1 Å². The Morgan fingerprint density at radius 1 is 1.19 bits per heavy atom. The molecule has 174 valence electrons. The van der Waals surface area contributed by atoms with E-state index >= 15 is 0 Å². The van der Waals surface area contributed by atoms with Crippen LogP contribution in [0.15, 0.2) is 30.3 Å². The van der Waals surface area contributed by atoms with Crippen molar-refractivity contribution in [3.05, 3.63) is 35.9 Å². The maximum absolute atomic E-state index is 12.8. The summed E-state index contributed by atoms with van der Waals surface area (Å²) in [4.78, 5) is 52.0. The Bertz CT molecular complexity index is 855. The van der Waals surface area contributed by atoms with Gasteiger partial charge in [-0.2, -0.15) is 0 Å². The van der Waals surface area contributed by atoms with Crippen LogP contribution >= 0.6 is 0 Å². The average molecular weight is 445 g/mol. The SMILES string of the molecule is C[C@H](NC(=O)[C@H]1CCN(C)C1)C(=O)NCC(=O)N[C@@H](Cc1ccccc1)C(=O)[C@@]1(C)CO1. The molecule has 2 aliphatic heterocycles. The molecule has 9 nitrogen and oxygen atoms in total. The highest BCUT2D eigenvalue weighted by Gasteiger charge is 2.50. The minimum absolute atomic E-state index is 0.130. The molecule has 1 aromatic carbocycles. The molecule has 0 bridgehead atoms. The number of nitrogens with one attached hydrogen (secondary N) is 3. The topological polar surface area (TPSA) is 120 Å². The molecular weight excluding hydrogens is 412 g/mol. The van der Waals surface area contributed by atoms with Crippen LogP contribution in [0.3, 0.4) is 0 Å². The van der Waals surface area contributed by atoms with Gasteiger partial charge < -0.3 is 25.6 Å². The number of ether oxygens (including phenoxy) is 1. The van der Waals surface area contributed by atoms with Crippen molar-refractivity contribution in [1.29, 1.82) is 0 Å². The highest BCUT2D eigenvalue weighted by molar-refractivity contribution is 5.97. The van der Waals surface area contributed by atoms with Gasteiger partial charge >= 0.3 is 0 Å². The fraction of sp³-hybridized carbons (Fsp3) is 0.565. The lowest BCUT2D eigenvalue weighted by Crippen LogP contribution is -2.52. The number of hydrogen-bond donors (Lipinski definition) is 3. The molecular formula is C23H32N4O5. The molecule has 9 heteroatoms. The van der Waals surface area contributed by atoms with Gasteiger partial charge in [0.2, 0.25) is 17.7 Å². The van der Waals surface area contributed by atoms with E-state index in [2.05, 4.69) is 20.9 Å². The van der Waals surface area contributed by atoms with Crippen LogP contribution in [0, 0.1) is 5.92 Å². The molecule has 0 unspecified atom stereocenters. The lowest BCUT2D eigenvalue weighted by atomic mass is 9.95. The van der Waals surface area contributed by atoms with Crippen molar-refractivity contribution < 1.29 is 23.9 Å². The van der Waals surface area contributed by atoms with E-state index in [1.807, 2.05) is 37.4 Å². The minimum atomic E-state index is -0.872. The Morgan fingerprint density at radius 2 is 1.88 bits per heavy atom. The number of Topliss-reactive ketones (excluding diaryl/α,β-unsaturated/α-hetero) is 1. The second kappa shape index (κ2) is 10.2. The molecule has 0 saturated carbocycles. The Morgan fingerprint density at radius 3 is 2.47 bits per heavy atom. The van der Waals surface area contributed by atoms with Crippen LogP contribution in [0.25, 0.3) is 0 Å². The molecule has 0 radical (unpaired) electrons. The van der Waals surface area contributed by atoms with Crippen molar-refractivity contribution in [2.24, 2.45) is 5.92 Å². The van der Waals surface area contributed by atoms with E-state index in [9.17, 15) is 19.2 Å². The Hall–Kier alpha value is -2.78. The van der Waals surface area contributed by atoms with Crippen LogP contribution in [0.2, 0.25) is 0 Å². The number of rotatable bonds is 10. The van der Waals surface area contributed by atoms with Gasteiger partial charge in [-0.05, 0) is 45.8 Å². The number of hydrogen-bond acceptors (Lipinski definition) is 6. The van der Waals surface area contributed by atoms with E-state index in [1.165, 1.54) is 0 Å². The van der Waals surface area contributed by atoms with Gasteiger partial charge in [-0.1, -0.05) is 30.3 Å². The van der Waals surface area contributed by atoms with Gasteiger partial charge in [-0.25, -0.2) is 0 Å². The smallest absolute Gasteiger partial charge is 0.242 e. The summed E-state index contributed by atoms with van der Waals surface area (Å²) in [7, 11) is 1.95. The minimum Gasteiger partial charge on any atom is -0.361 e. The molecule has 3 amide bonds. The molecule has 2 fully saturated rings. The fourth-order valence-corrected chi connectivity index (χ4v) is 3.79. The molecule has 32 heavy (non-hydrogen) atoms. The number of likely N-dealkylation sites (tertiary alicyclic amines) is 1. The maximum Gasteiger partial charge on any atom is 0.242 e. The van der Waals surface area contributed by atoms with Crippen LogP contribution < -0.4 is 16.0 Å². The monoisotopic (exact) mass is 444 g/mol. The zero-order valence-corrected chi connectivity index (χ0v) is 18.8. The first kappa shape index (κ1) is 23.9. The molecule has 4 atom stereocenters. The van der Waals surface area contributed by atoms with Crippen molar-refractivity contribution >= 4 is 23.5 Å². The number of epoxide rings is 1. The zero-order chi connectivity index (χ0) is 23.3. The van der Waals surface area contributed by atoms with E-state index in [0.717, 1.165) is 18.5 Å². The summed E-state index contributed by atoms with van der Waals surface area (Å²) in [5.74, 6) is -1.42. The average Bonchev–Trinajstić information content (AvgIpc) is 3.37. The summed E-state index contributed by atoms with van der Waals surface area (Å²) in [6, 6.07) is 7.87. The van der Waals surface area contributed by atoms with Gasteiger partial charge in [0.25, 0.3) is 0 Å². The van der Waals surface area contributed by atoms with Crippen LogP contribution in [-0.2, 0) is 30.3 Å². The van der Waals surface area contributed by atoms with E-state index in [1.54, 1.807) is 13.8 Å². The van der Waals surface area contributed by atoms with Crippen molar-refractivity contribution in [2.45, 2.75) is 44.4 Å². The van der Waals surface area contributed by atoms with Gasteiger partial charge in [-0.3, -0.25) is 19.2 Å². The van der Waals surface area contributed by atoms with E-state index in [4.69, 9.17) is 4.74 Å². The first-order valence-electron chi connectivity index (χ1n) is 11.0. The third-order valence-electron chi connectivity index (χ3n) is 5.97. The van der Waals surface area contributed by atoms with Crippen LogP contribution in [-0.4, -0.2) is 79.4 Å². The summed E-state index contributed by atoms with van der Waals surface area (Å²) in [5.41, 5.74) is 0.0385. The van der Waals surface area contributed by atoms with Crippen molar-refractivity contribution in [3.63, 3.8) is 0 Å². The maximum atomic E-state index is 12.8. The van der Waals surface area contributed by atoms with E-state index in [-0.39, 0.29) is 24.2 Å². The zero-order valence-electron chi connectivity index (χ0n) is 18.8. The standard InChI is InChI=1S/C23H32N4O5/c1-15(25-22(31)17-9-10-27(3)13-17)21(30)24-12-19(28)26-18(20(29)23(2)14-32-23)11-16-7-5-4-6-8-16/h4-8,15,17-18H,9-14H2,1-3H3,(H,24,30)(H,25,31)(H,26,28)/t15-,17-,18-,23+/m0/s1. The Labute approximate surface area is 188 Å². The summed E-state index contributed by atoms with van der Waals surface area (Å²) in [6.07, 6.45) is 1.10. The van der Waals surface area contributed by atoms with Gasteiger partial charge in [-0.15, -0.1) is 0 Å². The molecule has 3 N–H and O–H groups in total. The molecule has 2 heterocycles. The Kier molecular flexibility index (Phi) is 7.63. The largest absolute Gasteiger partial charge is 0.361 e. The summed E-state index contributed by atoms with van der Waals surface area (Å²) < 4.78 is 5.26. The number of carbonyl (C=O) groups excluding carboxylic acids is 4. The van der Waals surface area contributed by atoms with Crippen molar-refractivity contribution in [3.8, 4) is 0 Å². The van der Waals surface area contributed by atoms with Crippen molar-refractivity contribution in [1.82, 2.24) is 20.9 Å². The fourth-order valence-electron chi connectivity index (χ4n) is 3.79. The van der Waals surface area contributed by atoms with Gasteiger partial charge in [0.15, 0.2) is 5.78 Å². The van der Waals surface area contributed by atoms with Crippen LogP contribution in [0.4, 0.5) is 0 Å². The first-order chi connectivity index (χ1) is 15.2. The molecule has 2 aliphatic rings. The Balaban J connectivity index is 1.49. The number of carbonyl (C=O) groups is 4. The predicted octanol–water partition coefficient (Wildman–Crippen LogP) is -0.355. The normalized spacial score (nSPS) is 24.3. The summed E-state index contributed by atoms with van der Waals surface area (Å²) >= 11 is 0. The molecule has 0 aliphatic carbocycles. The third-order valence-corrected chi connectivity index (χ3v) is 5.97. The summed E-state index contributed by atoms with van der Waals surface area (Å²) in [5, 5.41) is 7.96. The van der Waals surface area contributed by atoms with Crippen molar-refractivity contribution in [2.75, 3.05) is 33.3 Å². The highest BCUT2D eigenvalue weighted by atomic mass is 16.6.